The Hall–Kier alpha value is -0.870. The maximum absolute atomic E-state index is 13.6. The van der Waals surface area contributed by atoms with Crippen molar-refractivity contribution in [2.75, 3.05) is 18.1 Å². The molecule has 2 atom stereocenters. The van der Waals surface area contributed by atoms with Gasteiger partial charge in [-0.2, -0.15) is 11.8 Å². The van der Waals surface area contributed by atoms with E-state index in [-0.39, 0.29) is 23.1 Å². The second-order valence-corrected chi connectivity index (χ2v) is 6.96. The Morgan fingerprint density at radius 3 is 3.05 bits per heavy atom. The maximum atomic E-state index is 13.6. The van der Waals surface area contributed by atoms with Gasteiger partial charge in [-0.25, -0.2) is 4.39 Å². The van der Waals surface area contributed by atoms with Gasteiger partial charge in [0.2, 0.25) is 0 Å². The van der Waals surface area contributed by atoms with E-state index in [1.165, 1.54) is 6.07 Å². The molecule has 0 bridgehead atoms. The number of hydrogen-bond acceptors (Lipinski definition) is 3. The molecule has 2 fully saturated rings. The van der Waals surface area contributed by atoms with Crippen LogP contribution in [-0.4, -0.2) is 29.5 Å². The standard InChI is InChI=1S/C16H19FO2S/c1-11-2-3-12(8-14(11)17)15(18)13-4-6-19-16(9-13)5-7-20-10-16/h2-3,8,13H,4-7,9-10H2,1H3. The van der Waals surface area contributed by atoms with E-state index >= 15 is 0 Å². The summed E-state index contributed by atoms with van der Waals surface area (Å²) < 4.78 is 19.6. The minimum atomic E-state index is -0.297. The summed E-state index contributed by atoms with van der Waals surface area (Å²) in [5.41, 5.74) is 0.977. The van der Waals surface area contributed by atoms with E-state index in [1.807, 2.05) is 11.8 Å². The van der Waals surface area contributed by atoms with Gasteiger partial charge in [-0.1, -0.05) is 12.1 Å². The monoisotopic (exact) mass is 294 g/mol. The molecule has 4 heteroatoms. The molecule has 0 radical (unpaired) electrons. The third-order valence-corrected chi connectivity index (χ3v) is 5.61. The molecular formula is C16H19FO2S. The van der Waals surface area contributed by atoms with Gasteiger partial charge in [-0.3, -0.25) is 4.79 Å². The molecule has 0 saturated carbocycles. The Kier molecular flexibility index (Phi) is 3.87. The van der Waals surface area contributed by atoms with Gasteiger partial charge in [0.15, 0.2) is 5.78 Å². The largest absolute Gasteiger partial charge is 0.374 e. The Balaban J connectivity index is 1.77. The number of hydrogen-bond donors (Lipinski definition) is 0. The van der Waals surface area contributed by atoms with Crippen molar-refractivity contribution in [3.8, 4) is 0 Å². The summed E-state index contributed by atoms with van der Waals surface area (Å²) in [6.45, 7) is 2.36. The number of carbonyl (C=O) groups is 1. The molecule has 2 heterocycles. The van der Waals surface area contributed by atoms with Crippen LogP contribution in [0.2, 0.25) is 0 Å². The maximum Gasteiger partial charge on any atom is 0.166 e. The van der Waals surface area contributed by atoms with E-state index in [1.54, 1.807) is 19.1 Å². The van der Waals surface area contributed by atoms with E-state index in [0.717, 1.165) is 30.8 Å². The van der Waals surface area contributed by atoms with E-state index in [9.17, 15) is 9.18 Å². The van der Waals surface area contributed by atoms with Gasteiger partial charge in [0, 0.05) is 23.8 Å². The second kappa shape index (κ2) is 5.49. The lowest BCUT2D eigenvalue weighted by atomic mass is 9.81. The highest BCUT2D eigenvalue weighted by Crippen LogP contribution is 2.41. The zero-order valence-corrected chi connectivity index (χ0v) is 12.5. The quantitative estimate of drug-likeness (QED) is 0.779. The molecule has 2 nitrogen and oxygen atoms in total. The fourth-order valence-corrected chi connectivity index (χ4v) is 4.47. The summed E-state index contributed by atoms with van der Waals surface area (Å²) >= 11 is 1.90. The third kappa shape index (κ3) is 2.63. The zero-order valence-electron chi connectivity index (χ0n) is 11.7. The van der Waals surface area contributed by atoms with Crippen LogP contribution in [0.5, 0.6) is 0 Å². The smallest absolute Gasteiger partial charge is 0.166 e. The Morgan fingerprint density at radius 1 is 1.50 bits per heavy atom. The lowest BCUT2D eigenvalue weighted by molar-refractivity contribution is -0.0734. The van der Waals surface area contributed by atoms with E-state index in [2.05, 4.69) is 0 Å². The van der Waals surface area contributed by atoms with Crippen LogP contribution in [0.15, 0.2) is 18.2 Å². The van der Waals surface area contributed by atoms with Crippen molar-refractivity contribution in [3.63, 3.8) is 0 Å². The number of aryl methyl sites for hydroxylation is 1. The second-order valence-electron chi connectivity index (χ2n) is 5.85. The summed E-state index contributed by atoms with van der Waals surface area (Å²) in [6, 6.07) is 4.80. The highest BCUT2D eigenvalue weighted by atomic mass is 32.2. The number of rotatable bonds is 2. The Labute approximate surface area is 123 Å². The Morgan fingerprint density at radius 2 is 2.35 bits per heavy atom. The minimum Gasteiger partial charge on any atom is -0.374 e. The molecule has 0 amide bonds. The van der Waals surface area contributed by atoms with Crippen LogP contribution in [-0.2, 0) is 4.74 Å². The first-order valence-electron chi connectivity index (χ1n) is 7.12. The van der Waals surface area contributed by atoms with Crippen molar-refractivity contribution in [2.45, 2.75) is 31.8 Å². The number of thioether (sulfide) groups is 1. The molecule has 108 valence electrons. The molecule has 1 aromatic carbocycles. The number of ether oxygens (including phenoxy) is 1. The average molecular weight is 294 g/mol. The number of carbonyl (C=O) groups excluding carboxylic acids is 1. The summed E-state index contributed by atoms with van der Waals surface area (Å²) in [7, 11) is 0. The van der Waals surface area contributed by atoms with E-state index in [4.69, 9.17) is 4.74 Å². The Bertz CT molecular complexity index is 523. The SMILES string of the molecule is Cc1ccc(C(=O)C2CCOC3(CCSC3)C2)cc1F. The first-order chi connectivity index (χ1) is 9.60. The lowest BCUT2D eigenvalue weighted by Crippen LogP contribution is -2.42. The first-order valence-corrected chi connectivity index (χ1v) is 8.27. The molecular weight excluding hydrogens is 275 g/mol. The van der Waals surface area contributed by atoms with Crippen LogP contribution in [0.1, 0.15) is 35.2 Å². The van der Waals surface area contributed by atoms with Crippen LogP contribution >= 0.6 is 11.8 Å². The lowest BCUT2D eigenvalue weighted by Gasteiger charge is -2.37. The molecule has 3 rings (SSSR count). The number of ketones is 1. The molecule has 2 aliphatic rings. The topological polar surface area (TPSA) is 26.3 Å². The van der Waals surface area contributed by atoms with Gasteiger partial charge in [0.1, 0.15) is 5.82 Å². The molecule has 0 aromatic heterocycles. The van der Waals surface area contributed by atoms with Gasteiger partial charge >= 0.3 is 0 Å². The van der Waals surface area contributed by atoms with Crippen molar-refractivity contribution >= 4 is 17.5 Å². The highest BCUT2D eigenvalue weighted by Gasteiger charge is 2.42. The number of benzene rings is 1. The van der Waals surface area contributed by atoms with Gasteiger partial charge in [-0.05, 0) is 43.6 Å². The molecule has 2 aliphatic heterocycles. The fourth-order valence-electron chi connectivity index (χ4n) is 3.10. The van der Waals surface area contributed by atoms with Gasteiger partial charge in [0.05, 0.1) is 5.60 Å². The molecule has 20 heavy (non-hydrogen) atoms. The zero-order chi connectivity index (χ0) is 14.2. The average Bonchev–Trinajstić information content (AvgIpc) is 2.89. The summed E-state index contributed by atoms with van der Waals surface area (Å²) in [5.74, 6) is 1.85. The van der Waals surface area contributed by atoms with Crippen LogP contribution in [0.25, 0.3) is 0 Å². The molecule has 0 aliphatic carbocycles. The molecule has 0 N–H and O–H groups in total. The van der Waals surface area contributed by atoms with Crippen molar-refractivity contribution in [3.05, 3.63) is 35.1 Å². The van der Waals surface area contributed by atoms with Crippen molar-refractivity contribution in [1.29, 1.82) is 0 Å². The number of halogens is 1. The van der Waals surface area contributed by atoms with Crippen LogP contribution < -0.4 is 0 Å². The van der Waals surface area contributed by atoms with E-state index in [0.29, 0.717) is 17.7 Å². The summed E-state index contributed by atoms with van der Waals surface area (Å²) in [5, 5.41) is 0. The van der Waals surface area contributed by atoms with Crippen LogP contribution in [0, 0.1) is 18.7 Å². The summed E-state index contributed by atoms with van der Waals surface area (Å²) in [4.78, 5) is 12.6. The third-order valence-electron chi connectivity index (χ3n) is 4.39. The van der Waals surface area contributed by atoms with Crippen LogP contribution in [0.4, 0.5) is 4.39 Å². The predicted octanol–water partition coefficient (Wildman–Crippen LogP) is 3.62. The number of Topliss-reactive ketones (excluding diaryl/α,β-unsaturated/α-hetero) is 1. The van der Waals surface area contributed by atoms with Gasteiger partial charge < -0.3 is 4.74 Å². The normalized spacial score (nSPS) is 29.8. The molecule has 2 saturated heterocycles. The first kappa shape index (κ1) is 14.1. The van der Waals surface area contributed by atoms with Gasteiger partial charge in [-0.15, -0.1) is 0 Å². The highest BCUT2D eigenvalue weighted by molar-refractivity contribution is 7.99. The fraction of sp³-hybridized carbons (Fsp3) is 0.562. The van der Waals surface area contributed by atoms with Crippen molar-refractivity contribution in [1.82, 2.24) is 0 Å². The summed E-state index contributed by atoms with van der Waals surface area (Å²) in [6.07, 6.45) is 2.57. The molecule has 1 spiro atoms. The van der Waals surface area contributed by atoms with Crippen LogP contribution in [0.3, 0.4) is 0 Å². The van der Waals surface area contributed by atoms with Crippen molar-refractivity contribution < 1.29 is 13.9 Å². The molecule has 2 unspecified atom stereocenters. The van der Waals surface area contributed by atoms with E-state index < -0.39 is 0 Å². The van der Waals surface area contributed by atoms with Gasteiger partial charge in [0.25, 0.3) is 0 Å². The predicted molar refractivity (Wildman–Crippen MR) is 78.8 cm³/mol. The van der Waals surface area contributed by atoms with Crippen molar-refractivity contribution in [2.24, 2.45) is 5.92 Å². The minimum absolute atomic E-state index is 0.0236. The molecule has 1 aromatic rings.